The van der Waals surface area contributed by atoms with Gasteiger partial charge < -0.3 is 0 Å². The second kappa shape index (κ2) is 6.68. The van der Waals surface area contributed by atoms with Gasteiger partial charge in [-0.05, 0) is 37.2 Å². The molecule has 3 nitrogen and oxygen atoms in total. The number of carbonyl (C=O) groups is 1. The number of aromatic amines is 1. The lowest BCUT2D eigenvalue weighted by Crippen LogP contribution is -2.41. The number of H-pyrrole nitrogens is 1. The molecule has 0 amide bonds. The number of ketones is 1. The number of nitrogens with one attached hydrogen (secondary N) is 1. The molecular weight excluding hydrogens is 356 g/mol. The third-order valence-corrected chi connectivity index (χ3v) is 7.57. The van der Waals surface area contributed by atoms with Gasteiger partial charge in [0, 0.05) is 41.0 Å². The monoisotopic (exact) mass is 388 g/mol. The second-order valence-electron chi connectivity index (χ2n) is 10.4. The Bertz CT molecular complexity index is 975. The average Bonchev–Trinajstić information content (AvgIpc) is 3.12. The number of fused-ring (bicyclic) bond motifs is 1. The SMILES string of the molecule is CC1(C)CC(=O)C2=C(Cc3[nH]nc(C4CCCCC4)c3C2(C)c2ccccc2)C1. The van der Waals surface area contributed by atoms with E-state index in [0.29, 0.717) is 18.1 Å². The summed E-state index contributed by atoms with van der Waals surface area (Å²) in [5.74, 6) is 0.855. The van der Waals surface area contributed by atoms with E-state index < -0.39 is 5.41 Å². The van der Waals surface area contributed by atoms with E-state index in [0.717, 1.165) is 18.4 Å². The molecule has 3 aliphatic rings. The highest BCUT2D eigenvalue weighted by atomic mass is 16.1. The number of benzene rings is 1. The van der Waals surface area contributed by atoms with Crippen molar-refractivity contribution in [1.82, 2.24) is 10.2 Å². The minimum Gasteiger partial charge on any atom is -0.294 e. The van der Waals surface area contributed by atoms with Crippen LogP contribution >= 0.6 is 0 Å². The van der Waals surface area contributed by atoms with Crippen molar-refractivity contribution < 1.29 is 4.79 Å². The summed E-state index contributed by atoms with van der Waals surface area (Å²) in [6, 6.07) is 10.7. The number of hydrogen-bond acceptors (Lipinski definition) is 2. The fourth-order valence-electron chi connectivity index (χ4n) is 6.38. The maximum Gasteiger partial charge on any atom is 0.160 e. The third kappa shape index (κ3) is 2.93. The topological polar surface area (TPSA) is 45.8 Å². The second-order valence-corrected chi connectivity index (χ2v) is 10.4. The van der Waals surface area contributed by atoms with Gasteiger partial charge in [-0.2, -0.15) is 5.10 Å². The molecule has 0 spiro atoms. The van der Waals surface area contributed by atoms with Crippen molar-refractivity contribution in [2.24, 2.45) is 5.41 Å². The number of hydrogen-bond donors (Lipinski definition) is 1. The fourth-order valence-corrected chi connectivity index (χ4v) is 6.38. The molecule has 0 saturated heterocycles. The molecule has 1 atom stereocenters. The summed E-state index contributed by atoms with van der Waals surface area (Å²) in [5.41, 5.74) is 7.02. The fraction of sp³-hybridized carbons (Fsp3) is 0.538. The Hall–Kier alpha value is -2.16. The molecular formula is C26H32N2O. The normalized spacial score (nSPS) is 26.9. The molecule has 152 valence electrons. The number of aromatic nitrogens is 2. The minimum atomic E-state index is -0.405. The van der Waals surface area contributed by atoms with Gasteiger partial charge in [0.25, 0.3) is 0 Å². The van der Waals surface area contributed by atoms with Gasteiger partial charge >= 0.3 is 0 Å². The zero-order valence-electron chi connectivity index (χ0n) is 18.0. The van der Waals surface area contributed by atoms with E-state index in [-0.39, 0.29) is 5.41 Å². The summed E-state index contributed by atoms with van der Waals surface area (Å²) in [5, 5.41) is 8.33. The van der Waals surface area contributed by atoms with Gasteiger partial charge in [-0.1, -0.05) is 69.0 Å². The number of rotatable bonds is 2. The maximum atomic E-state index is 13.6. The van der Waals surface area contributed by atoms with E-state index in [1.165, 1.54) is 60.2 Å². The summed E-state index contributed by atoms with van der Waals surface area (Å²) in [6.45, 7) is 6.74. The van der Waals surface area contributed by atoms with E-state index in [9.17, 15) is 4.79 Å². The Kier molecular flexibility index (Phi) is 4.34. The molecule has 1 saturated carbocycles. The molecule has 1 aromatic carbocycles. The van der Waals surface area contributed by atoms with Crippen LogP contribution in [0, 0.1) is 5.41 Å². The van der Waals surface area contributed by atoms with Gasteiger partial charge in [-0.3, -0.25) is 9.89 Å². The smallest absolute Gasteiger partial charge is 0.160 e. The molecule has 3 aliphatic carbocycles. The standard InChI is InChI=1S/C26H32N2O/c1-25(2)15-18-14-20-23(24(28-27-20)17-10-6-4-7-11-17)26(3,22(18)21(29)16-25)19-12-8-5-9-13-19/h5,8-9,12-13,17H,4,6-7,10-11,14-16H2,1-3H3,(H,27,28). The first-order valence-electron chi connectivity index (χ1n) is 11.3. The van der Waals surface area contributed by atoms with Gasteiger partial charge in [0.2, 0.25) is 0 Å². The van der Waals surface area contributed by atoms with Crippen LogP contribution in [-0.4, -0.2) is 16.0 Å². The van der Waals surface area contributed by atoms with Crippen LogP contribution in [0.15, 0.2) is 41.5 Å². The number of carbonyl (C=O) groups excluding carboxylic acids is 1. The number of allylic oxidation sites excluding steroid dienone is 2. The van der Waals surface area contributed by atoms with Crippen LogP contribution in [0.1, 0.15) is 94.1 Å². The summed E-state index contributed by atoms with van der Waals surface area (Å²) >= 11 is 0. The predicted octanol–water partition coefficient (Wildman–Crippen LogP) is 6.01. The van der Waals surface area contributed by atoms with Crippen LogP contribution in [0.25, 0.3) is 0 Å². The molecule has 5 rings (SSSR count). The first-order valence-corrected chi connectivity index (χ1v) is 11.3. The molecule has 1 fully saturated rings. The molecule has 3 heteroatoms. The van der Waals surface area contributed by atoms with Gasteiger partial charge in [0.1, 0.15) is 0 Å². The summed E-state index contributed by atoms with van der Waals surface area (Å²) in [4.78, 5) is 13.6. The van der Waals surface area contributed by atoms with Crippen LogP contribution in [0.4, 0.5) is 0 Å². The maximum absolute atomic E-state index is 13.6. The third-order valence-electron chi connectivity index (χ3n) is 7.57. The Labute approximate surface area is 174 Å². The highest BCUT2D eigenvalue weighted by molar-refractivity contribution is 6.01. The van der Waals surface area contributed by atoms with Crippen molar-refractivity contribution in [3.8, 4) is 0 Å². The van der Waals surface area contributed by atoms with E-state index in [2.05, 4.69) is 56.2 Å². The molecule has 1 aromatic heterocycles. The van der Waals surface area contributed by atoms with Crippen molar-refractivity contribution in [3.63, 3.8) is 0 Å². The zero-order chi connectivity index (χ0) is 20.2. The van der Waals surface area contributed by atoms with Gasteiger partial charge in [-0.25, -0.2) is 0 Å². The van der Waals surface area contributed by atoms with Crippen LogP contribution in [0.5, 0.6) is 0 Å². The van der Waals surface area contributed by atoms with Crippen molar-refractivity contribution >= 4 is 5.78 Å². The molecule has 1 heterocycles. The average molecular weight is 389 g/mol. The Morgan fingerprint density at radius 1 is 1.00 bits per heavy atom. The van der Waals surface area contributed by atoms with E-state index >= 15 is 0 Å². The molecule has 0 radical (unpaired) electrons. The highest BCUT2D eigenvalue weighted by Gasteiger charge is 2.49. The quantitative estimate of drug-likeness (QED) is 0.685. The molecule has 0 bridgehead atoms. The summed E-state index contributed by atoms with van der Waals surface area (Å²) in [7, 11) is 0. The molecule has 29 heavy (non-hydrogen) atoms. The number of Topliss-reactive ketones (excluding diaryl/α,β-unsaturated/α-hetero) is 1. The first-order chi connectivity index (χ1) is 13.9. The van der Waals surface area contributed by atoms with Gasteiger partial charge in [0.05, 0.1) is 5.69 Å². The molecule has 1 N–H and O–H groups in total. The molecule has 2 aromatic rings. The molecule has 1 unspecified atom stereocenters. The Morgan fingerprint density at radius 3 is 2.45 bits per heavy atom. The lowest BCUT2D eigenvalue weighted by molar-refractivity contribution is -0.118. The van der Waals surface area contributed by atoms with Crippen molar-refractivity contribution in [3.05, 3.63) is 64.0 Å². The first kappa shape index (κ1) is 18.8. The van der Waals surface area contributed by atoms with Crippen molar-refractivity contribution in [1.29, 1.82) is 0 Å². The predicted molar refractivity (Wildman–Crippen MR) is 116 cm³/mol. The van der Waals surface area contributed by atoms with Crippen molar-refractivity contribution in [2.75, 3.05) is 0 Å². The van der Waals surface area contributed by atoms with Crippen LogP contribution < -0.4 is 0 Å². The summed E-state index contributed by atoms with van der Waals surface area (Å²) in [6.07, 6.45) is 8.83. The largest absolute Gasteiger partial charge is 0.294 e. The van der Waals surface area contributed by atoms with Gasteiger partial charge in [0.15, 0.2) is 5.78 Å². The Balaban J connectivity index is 1.74. The zero-order valence-corrected chi connectivity index (χ0v) is 18.0. The molecule has 0 aliphatic heterocycles. The van der Waals surface area contributed by atoms with E-state index in [1.54, 1.807) is 0 Å². The number of nitrogens with zero attached hydrogens (tertiary/aromatic N) is 1. The lowest BCUT2D eigenvalue weighted by atomic mass is 9.57. The van der Waals surface area contributed by atoms with E-state index in [4.69, 9.17) is 5.10 Å². The minimum absolute atomic E-state index is 0.0389. The lowest BCUT2D eigenvalue weighted by Gasteiger charge is -2.44. The van der Waals surface area contributed by atoms with Gasteiger partial charge in [-0.15, -0.1) is 0 Å². The highest BCUT2D eigenvalue weighted by Crippen LogP contribution is 2.54. The van der Waals surface area contributed by atoms with E-state index in [1.807, 2.05) is 0 Å². The van der Waals surface area contributed by atoms with Crippen LogP contribution in [0.2, 0.25) is 0 Å². The van der Waals surface area contributed by atoms with Crippen LogP contribution in [-0.2, 0) is 16.6 Å². The summed E-state index contributed by atoms with van der Waals surface area (Å²) < 4.78 is 0. The van der Waals surface area contributed by atoms with Crippen molar-refractivity contribution in [2.45, 2.75) is 83.5 Å². The van der Waals surface area contributed by atoms with Crippen LogP contribution in [0.3, 0.4) is 0 Å². The Morgan fingerprint density at radius 2 is 1.72 bits per heavy atom.